The van der Waals surface area contributed by atoms with Gasteiger partial charge in [0.25, 0.3) is 5.91 Å². The first-order valence-electron chi connectivity index (χ1n) is 5.92. The van der Waals surface area contributed by atoms with Crippen molar-refractivity contribution in [2.75, 3.05) is 13.1 Å². The van der Waals surface area contributed by atoms with Gasteiger partial charge in [-0.2, -0.15) is 13.2 Å². The van der Waals surface area contributed by atoms with Crippen molar-refractivity contribution < 1.29 is 23.1 Å². The number of amides is 1. The van der Waals surface area contributed by atoms with Gasteiger partial charge in [-0.05, 0) is 18.9 Å². The Hall–Kier alpha value is -1.34. The Morgan fingerprint density at radius 3 is 2.75 bits per heavy atom. The van der Waals surface area contributed by atoms with E-state index in [0.717, 1.165) is 4.90 Å². The molecule has 1 saturated heterocycles. The van der Waals surface area contributed by atoms with Crippen LogP contribution in [0, 0.1) is 0 Å². The third-order valence-electron chi connectivity index (χ3n) is 3.24. The highest BCUT2D eigenvalue weighted by Gasteiger charge is 2.55. The van der Waals surface area contributed by atoms with E-state index in [9.17, 15) is 23.1 Å². The Labute approximate surface area is 118 Å². The van der Waals surface area contributed by atoms with Gasteiger partial charge in [0.2, 0.25) is 0 Å². The predicted molar refractivity (Wildman–Crippen MR) is 65.4 cm³/mol. The van der Waals surface area contributed by atoms with Crippen molar-refractivity contribution in [3.05, 3.63) is 29.0 Å². The molecule has 0 aliphatic carbocycles. The monoisotopic (exact) mass is 308 g/mol. The summed E-state index contributed by atoms with van der Waals surface area (Å²) in [6, 6.07) is 1.33. The number of piperidine rings is 1. The fourth-order valence-corrected chi connectivity index (χ4v) is 2.33. The van der Waals surface area contributed by atoms with Gasteiger partial charge in [-0.15, -0.1) is 0 Å². The highest BCUT2D eigenvalue weighted by Crippen LogP contribution is 2.37. The van der Waals surface area contributed by atoms with Crippen molar-refractivity contribution in [2.24, 2.45) is 0 Å². The zero-order chi connectivity index (χ0) is 15.0. The zero-order valence-electron chi connectivity index (χ0n) is 10.3. The first-order chi connectivity index (χ1) is 9.23. The van der Waals surface area contributed by atoms with Crippen molar-refractivity contribution in [2.45, 2.75) is 24.6 Å². The highest BCUT2D eigenvalue weighted by atomic mass is 35.5. The molecule has 8 heteroatoms. The minimum Gasteiger partial charge on any atom is -0.379 e. The maximum absolute atomic E-state index is 12.8. The second kappa shape index (κ2) is 5.21. The molecular formula is C12H12ClF3N2O2. The van der Waals surface area contributed by atoms with Crippen LogP contribution in [0.5, 0.6) is 0 Å². The van der Waals surface area contributed by atoms with Crippen LogP contribution in [0.25, 0.3) is 0 Å². The number of pyridine rings is 1. The lowest BCUT2D eigenvalue weighted by Crippen LogP contribution is -2.58. The van der Waals surface area contributed by atoms with Crippen molar-refractivity contribution >= 4 is 17.5 Å². The van der Waals surface area contributed by atoms with Crippen LogP contribution in [-0.2, 0) is 0 Å². The summed E-state index contributed by atoms with van der Waals surface area (Å²) in [7, 11) is 0. The molecule has 0 saturated carbocycles. The van der Waals surface area contributed by atoms with Crippen LogP contribution in [0.3, 0.4) is 0 Å². The van der Waals surface area contributed by atoms with Gasteiger partial charge in [0.05, 0.1) is 17.1 Å². The molecule has 1 aliphatic rings. The lowest BCUT2D eigenvalue weighted by molar-refractivity contribution is -0.271. The second-order valence-electron chi connectivity index (χ2n) is 4.75. The van der Waals surface area contributed by atoms with Crippen LogP contribution < -0.4 is 0 Å². The Bertz CT molecular complexity index is 524. The number of nitrogens with zero attached hydrogens (tertiary/aromatic N) is 2. The molecule has 1 amide bonds. The summed E-state index contributed by atoms with van der Waals surface area (Å²) in [5.74, 6) is -0.623. The fraction of sp³-hybridized carbons (Fsp3) is 0.500. The topological polar surface area (TPSA) is 53.4 Å². The van der Waals surface area contributed by atoms with Gasteiger partial charge in [0.15, 0.2) is 5.60 Å². The van der Waals surface area contributed by atoms with E-state index in [0.29, 0.717) is 0 Å². The van der Waals surface area contributed by atoms with Gasteiger partial charge in [-0.1, -0.05) is 11.6 Å². The van der Waals surface area contributed by atoms with Gasteiger partial charge in [-0.25, -0.2) is 0 Å². The summed E-state index contributed by atoms with van der Waals surface area (Å²) in [5, 5.41) is 9.89. The third-order valence-corrected chi connectivity index (χ3v) is 3.44. The Morgan fingerprint density at radius 1 is 1.45 bits per heavy atom. The summed E-state index contributed by atoms with van der Waals surface area (Å²) < 4.78 is 38.4. The molecule has 1 unspecified atom stereocenters. The molecule has 1 atom stereocenters. The molecule has 0 radical (unpaired) electrons. The van der Waals surface area contributed by atoms with Crippen LogP contribution in [0.4, 0.5) is 13.2 Å². The summed E-state index contributed by atoms with van der Waals surface area (Å²) in [5.41, 5.74) is -2.75. The Balaban J connectivity index is 2.19. The Kier molecular flexibility index (Phi) is 3.93. The number of hydrogen-bond donors (Lipinski definition) is 1. The van der Waals surface area contributed by atoms with Crippen LogP contribution in [-0.4, -0.2) is 45.8 Å². The number of carbonyl (C=O) groups excluding carboxylic acids is 1. The average Bonchev–Trinajstić information content (AvgIpc) is 2.36. The summed E-state index contributed by atoms with van der Waals surface area (Å²) in [4.78, 5) is 16.8. The van der Waals surface area contributed by atoms with Crippen molar-refractivity contribution in [3.63, 3.8) is 0 Å². The quantitative estimate of drug-likeness (QED) is 0.866. The molecule has 0 spiro atoms. The zero-order valence-corrected chi connectivity index (χ0v) is 11.1. The number of alkyl halides is 3. The molecule has 4 nitrogen and oxygen atoms in total. The average molecular weight is 309 g/mol. The molecule has 1 aliphatic heterocycles. The van der Waals surface area contributed by atoms with E-state index in [1.54, 1.807) is 0 Å². The van der Waals surface area contributed by atoms with E-state index < -0.39 is 30.7 Å². The van der Waals surface area contributed by atoms with Crippen molar-refractivity contribution in [1.29, 1.82) is 0 Å². The van der Waals surface area contributed by atoms with Crippen molar-refractivity contribution in [1.82, 2.24) is 9.88 Å². The number of β-amino-alcohol motifs (C(OH)–C–C–N with tert-alkyl or cyclic N) is 1. The number of aliphatic hydroxyl groups is 1. The Morgan fingerprint density at radius 2 is 2.15 bits per heavy atom. The van der Waals surface area contributed by atoms with Gasteiger partial charge in [0, 0.05) is 18.9 Å². The predicted octanol–water partition coefficient (Wildman–Crippen LogP) is 2.26. The smallest absolute Gasteiger partial charge is 0.379 e. The summed E-state index contributed by atoms with van der Waals surface area (Å²) in [6.45, 7) is -0.619. The van der Waals surface area contributed by atoms with Crippen LogP contribution >= 0.6 is 11.6 Å². The normalized spacial score (nSPS) is 23.8. The molecular weight excluding hydrogens is 297 g/mol. The first-order valence-corrected chi connectivity index (χ1v) is 6.30. The molecule has 1 aromatic rings. The molecule has 2 rings (SSSR count). The molecule has 1 N–H and O–H groups in total. The second-order valence-corrected chi connectivity index (χ2v) is 5.19. The summed E-state index contributed by atoms with van der Waals surface area (Å²) >= 11 is 5.69. The van der Waals surface area contributed by atoms with E-state index in [-0.39, 0.29) is 23.6 Å². The van der Waals surface area contributed by atoms with E-state index in [2.05, 4.69) is 4.98 Å². The largest absolute Gasteiger partial charge is 0.418 e. The lowest BCUT2D eigenvalue weighted by atomic mass is 9.92. The molecule has 0 aromatic carbocycles. The van der Waals surface area contributed by atoms with Crippen LogP contribution in [0.15, 0.2) is 18.5 Å². The third kappa shape index (κ3) is 2.88. The molecule has 2 heterocycles. The minimum absolute atomic E-state index is 0.0791. The number of carbonyl (C=O) groups is 1. The number of likely N-dealkylation sites (tertiary alicyclic amines) is 1. The number of hydrogen-bond acceptors (Lipinski definition) is 3. The van der Waals surface area contributed by atoms with Gasteiger partial charge in [0.1, 0.15) is 0 Å². The van der Waals surface area contributed by atoms with E-state index in [1.165, 1.54) is 18.5 Å². The first kappa shape index (κ1) is 15.1. The van der Waals surface area contributed by atoms with Gasteiger partial charge < -0.3 is 10.0 Å². The SMILES string of the molecule is O=C(c1cncc(Cl)c1)N1CCCC(O)(C(F)(F)F)C1. The number of aromatic nitrogens is 1. The highest BCUT2D eigenvalue weighted by molar-refractivity contribution is 6.30. The molecule has 0 bridgehead atoms. The van der Waals surface area contributed by atoms with E-state index >= 15 is 0 Å². The van der Waals surface area contributed by atoms with Crippen molar-refractivity contribution in [3.8, 4) is 0 Å². The number of rotatable bonds is 1. The summed E-state index contributed by atoms with van der Waals surface area (Å²) in [6.07, 6.45) is -2.54. The maximum Gasteiger partial charge on any atom is 0.418 e. The van der Waals surface area contributed by atoms with Gasteiger partial charge in [-0.3, -0.25) is 9.78 Å². The van der Waals surface area contributed by atoms with Gasteiger partial charge >= 0.3 is 6.18 Å². The minimum atomic E-state index is -4.77. The molecule has 1 fully saturated rings. The van der Waals surface area contributed by atoms with E-state index in [4.69, 9.17) is 11.6 Å². The maximum atomic E-state index is 12.8. The molecule has 110 valence electrons. The molecule has 20 heavy (non-hydrogen) atoms. The van der Waals surface area contributed by atoms with E-state index in [1.807, 2.05) is 0 Å². The van der Waals surface area contributed by atoms with Crippen LogP contribution in [0.1, 0.15) is 23.2 Å². The van der Waals surface area contributed by atoms with Crippen LogP contribution in [0.2, 0.25) is 5.02 Å². The lowest BCUT2D eigenvalue weighted by Gasteiger charge is -2.40. The molecule has 1 aromatic heterocycles. The fourth-order valence-electron chi connectivity index (χ4n) is 2.15. The number of halogens is 4. The standard InChI is InChI=1S/C12H12ClF3N2O2/c13-9-4-8(5-17-6-9)10(19)18-3-1-2-11(20,7-18)12(14,15)16/h4-6,20H,1-3,7H2.